The van der Waals surface area contributed by atoms with Crippen LogP contribution in [-0.4, -0.2) is 36.0 Å². The summed E-state index contributed by atoms with van der Waals surface area (Å²) in [6.45, 7) is 4.70. The monoisotopic (exact) mass is 345 g/mol. The van der Waals surface area contributed by atoms with Gasteiger partial charge in [0.25, 0.3) is 0 Å². The predicted octanol–water partition coefficient (Wildman–Crippen LogP) is 4.21. The van der Waals surface area contributed by atoms with Crippen LogP contribution >= 0.6 is 0 Å². The Bertz CT molecular complexity index is 635. The number of carbonyl (C=O) groups excluding carboxylic acids is 1. The summed E-state index contributed by atoms with van der Waals surface area (Å²) < 4.78 is 10.6. The first-order valence-electron chi connectivity index (χ1n) is 8.84. The molecule has 1 aliphatic rings. The molecule has 0 saturated carbocycles. The molecule has 1 aromatic rings. The average molecular weight is 345 g/mol. The van der Waals surface area contributed by atoms with Gasteiger partial charge in [-0.3, -0.25) is 4.90 Å². The molecule has 1 aromatic heterocycles. The SMILES string of the molecule is CCCCCCC1CN(c2ccnnc(OC)cc(C)cc2)C(=O)O1. The maximum absolute atomic E-state index is 12.2. The van der Waals surface area contributed by atoms with Crippen LogP contribution in [0.4, 0.5) is 10.5 Å². The lowest BCUT2D eigenvalue weighted by molar-refractivity contribution is 0.135. The van der Waals surface area contributed by atoms with Crippen molar-refractivity contribution in [2.75, 3.05) is 18.6 Å². The lowest BCUT2D eigenvalue weighted by Gasteiger charge is -2.11. The maximum Gasteiger partial charge on any atom is 0.414 e. The van der Waals surface area contributed by atoms with Gasteiger partial charge in [-0.2, -0.15) is 5.10 Å². The van der Waals surface area contributed by atoms with Crippen LogP contribution in [0.5, 0.6) is 5.88 Å². The minimum atomic E-state index is -0.301. The highest BCUT2D eigenvalue weighted by atomic mass is 16.6. The van der Waals surface area contributed by atoms with Crippen LogP contribution < -0.4 is 9.64 Å². The Labute approximate surface area is 149 Å². The highest BCUT2D eigenvalue weighted by Gasteiger charge is 2.31. The third-order valence-corrected chi connectivity index (χ3v) is 4.11. The Hall–Kier alpha value is -2.37. The molecule has 0 radical (unpaired) electrons. The number of rotatable bonds is 7. The number of methoxy groups -OCH3 is 1. The molecular weight excluding hydrogens is 318 g/mol. The van der Waals surface area contributed by atoms with E-state index in [1.807, 2.05) is 19.1 Å². The largest absolute Gasteiger partial charge is 0.480 e. The molecule has 0 spiro atoms. The number of amides is 1. The first-order valence-corrected chi connectivity index (χ1v) is 8.84. The summed E-state index contributed by atoms with van der Waals surface area (Å²) >= 11 is 0. The average Bonchev–Trinajstić information content (AvgIpc) is 2.97. The van der Waals surface area contributed by atoms with Crippen LogP contribution in [0.25, 0.3) is 0 Å². The van der Waals surface area contributed by atoms with Crippen molar-refractivity contribution >= 4 is 11.8 Å². The molecule has 1 aliphatic heterocycles. The number of nitrogens with zero attached hydrogens (tertiary/aromatic N) is 3. The first-order chi connectivity index (χ1) is 12.1. The number of anilines is 1. The van der Waals surface area contributed by atoms with Gasteiger partial charge in [0.05, 0.1) is 19.9 Å². The molecule has 6 nitrogen and oxygen atoms in total. The number of carbonyl (C=O) groups is 1. The van der Waals surface area contributed by atoms with Gasteiger partial charge in [0.1, 0.15) is 6.10 Å². The number of aromatic nitrogens is 2. The van der Waals surface area contributed by atoms with E-state index in [4.69, 9.17) is 9.47 Å². The van der Waals surface area contributed by atoms with Crippen molar-refractivity contribution in [3.63, 3.8) is 0 Å². The molecule has 0 bridgehead atoms. The summed E-state index contributed by atoms with van der Waals surface area (Å²) in [6, 6.07) is 7.35. The molecule has 1 fully saturated rings. The van der Waals surface area contributed by atoms with E-state index >= 15 is 0 Å². The van der Waals surface area contributed by atoms with E-state index in [1.54, 1.807) is 30.3 Å². The Kier molecular flexibility index (Phi) is 7.44. The maximum atomic E-state index is 12.2. The number of aryl methyl sites for hydroxylation is 1. The molecule has 1 unspecified atom stereocenters. The molecule has 1 atom stereocenters. The van der Waals surface area contributed by atoms with Crippen molar-refractivity contribution in [3.8, 4) is 5.88 Å². The molecule has 2 heterocycles. The first kappa shape index (κ1) is 19.0. The van der Waals surface area contributed by atoms with Crippen LogP contribution in [0.2, 0.25) is 0 Å². The van der Waals surface area contributed by atoms with Crippen molar-refractivity contribution in [1.82, 2.24) is 10.2 Å². The van der Waals surface area contributed by atoms with E-state index in [2.05, 4.69) is 17.1 Å². The van der Waals surface area contributed by atoms with Crippen molar-refractivity contribution in [2.24, 2.45) is 0 Å². The zero-order valence-electron chi connectivity index (χ0n) is 15.3. The highest BCUT2D eigenvalue weighted by molar-refractivity contribution is 5.89. The Morgan fingerprint density at radius 2 is 2.12 bits per heavy atom. The van der Waals surface area contributed by atoms with E-state index in [0.717, 1.165) is 24.1 Å². The van der Waals surface area contributed by atoms with Gasteiger partial charge in [-0.15, -0.1) is 5.10 Å². The zero-order chi connectivity index (χ0) is 18.1. The summed E-state index contributed by atoms with van der Waals surface area (Å²) in [7, 11) is 1.55. The van der Waals surface area contributed by atoms with Gasteiger partial charge >= 0.3 is 6.09 Å². The van der Waals surface area contributed by atoms with E-state index in [0.29, 0.717) is 12.4 Å². The predicted molar refractivity (Wildman–Crippen MR) is 97.3 cm³/mol. The summed E-state index contributed by atoms with van der Waals surface area (Å²) in [6.07, 6.45) is 6.82. The van der Waals surface area contributed by atoms with Gasteiger partial charge in [-0.25, -0.2) is 4.79 Å². The smallest absolute Gasteiger partial charge is 0.414 e. The Balaban J connectivity index is 2.13. The second kappa shape index (κ2) is 9.81. The van der Waals surface area contributed by atoms with Crippen molar-refractivity contribution in [2.45, 2.75) is 52.1 Å². The molecule has 2 rings (SSSR count). The lowest BCUT2D eigenvalue weighted by Crippen LogP contribution is -2.24. The van der Waals surface area contributed by atoms with Crippen LogP contribution in [-0.2, 0) is 4.74 Å². The fraction of sp³-hybridized carbons (Fsp3) is 0.526. The van der Waals surface area contributed by atoms with Crippen molar-refractivity contribution < 1.29 is 14.3 Å². The summed E-state index contributed by atoms with van der Waals surface area (Å²) in [4.78, 5) is 13.9. The van der Waals surface area contributed by atoms with Crippen LogP contribution in [0.3, 0.4) is 0 Å². The second-order valence-corrected chi connectivity index (χ2v) is 6.19. The highest BCUT2D eigenvalue weighted by Crippen LogP contribution is 2.23. The zero-order valence-corrected chi connectivity index (χ0v) is 15.3. The molecule has 136 valence electrons. The fourth-order valence-electron chi connectivity index (χ4n) is 2.71. The number of ether oxygens (including phenoxy) is 2. The summed E-state index contributed by atoms with van der Waals surface area (Å²) in [5, 5.41) is 7.94. The topological polar surface area (TPSA) is 64.5 Å². The van der Waals surface area contributed by atoms with Gasteiger partial charge in [-0.1, -0.05) is 32.3 Å². The van der Waals surface area contributed by atoms with Gasteiger partial charge in [0.15, 0.2) is 0 Å². The molecule has 0 N–H and O–H groups in total. The lowest BCUT2D eigenvalue weighted by atomic mass is 10.1. The molecule has 25 heavy (non-hydrogen) atoms. The third kappa shape index (κ3) is 5.89. The minimum absolute atomic E-state index is 0.0410. The Morgan fingerprint density at radius 3 is 2.88 bits per heavy atom. The molecule has 1 saturated heterocycles. The van der Waals surface area contributed by atoms with E-state index in [-0.39, 0.29) is 12.2 Å². The van der Waals surface area contributed by atoms with Gasteiger partial charge in [0, 0.05) is 11.8 Å². The fourth-order valence-corrected chi connectivity index (χ4v) is 2.71. The van der Waals surface area contributed by atoms with E-state index in [1.165, 1.54) is 19.3 Å². The van der Waals surface area contributed by atoms with E-state index in [9.17, 15) is 4.79 Å². The second-order valence-electron chi connectivity index (χ2n) is 6.19. The molecule has 6 heteroatoms. The van der Waals surface area contributed by atoms with Gasteiger partial charge in [-0.05, 0) is 37.5 Å². The molecule has 0 aromatic carbocycles. The summed E-state index contributed by atoms with van der Waals surface area (Å²) in [5.74, 6) is 0.433. The van der Waals surface area contributed by atoms with E-state index < -0.39 is 0 Å². The molecule has 0 aliphatic carbocycles. The molecule has 1 amide bonds. The minimum Gasteiger partial charge on any atom is -0.480 e. The normalized spacial score (nSPS) is 16.4. The van der Waals surface area contributed by atoms with Crippen molar-refractivity contribution in [3.05, 3.63) is 36.0 Å². The number of unbranched alkanes of at least 4 members (excludes halogenated alkanes) is 3. The number of hydrogen-bond acceptors (Lipinski definition) is 5. The molecular formula is C19H27N3O3. The number of hydrogen-bond donors (Lipinski definition) is 0. The Morgan fingerprint density at radius 1 is 1.28 bits per heavy atom. The quantitative estimate of drug-likeness (QED) is 0.693. The van der Waals surface area contributed by atoms with Gasteiger partial charge in [0.2, 0.25) is 5.88 Å². The summed E-state index contributed by atoms with van der Waals surface area (Å²) in [5.41, 5.74) is 1.70. The van der Waals surface area contributed by atoms with Crippen molar-refractivity contribution in [1.29, 1.82) is 0 Å². The van der Waals surface area contributed by atoms with Crippen LogP contribution in [0.15, 0.2) is 30.5 Å². The van der Waals surface area contributed by atoms with Gasteiger partial charge < -0.3 is 9.47 Å². The standard InChI is InChI=1S/C19H27N3O3/c1-4-5-6-7-8-17-14-22(19(23)25-17)16-10-9-15(2)13-18(24-3)21-20-12-11-16/h9-13,17H,4-8,14H2,1-3H3. The van der Waals surface area contributed by atoms with Crippen LogP contribution in [0, 0.1) is 6.92 Å². The van der Waals surface area contributed by atoms with Crippen LogP contribution in [0.1, 0.15) is 44.6 Å². The number of cyclic esters (lactones) is 1. The third-order valence-electron chi connectivity index (χ3n) is 4.11.